The molecule has 1 atom stereocenters. The summed E-state index contributed by atoms with van der Waals surface area (Å²) in [5.41, 5.74) is 6.44. The topological polar surface area (TPSA) is 61.8 Å². The van der Waals surface area contributed by atoms with Crippen LogP contribution in [0.15, 0.2) is 23.4 Å². The molecular formula is C13H18FN3O. The number of amidine groups is 1. The van der Waals surface area contributed by atoms with Gasteiger partial charge in [-0.3, -0.25) is 0 Å². The highest BCUT2D eigenvalue weighted by atomic mass is 19.1. The van der Waals surface area contributed by atoms with Crippen LogP contribution in [0.4, 0.5) is 10.1 Å². The predicted octanol–water partition coefficient (Wildman–Crippen LogP) is 2.30. The van der Waals surface area contributed by atoms with E-state index in [-0.39, 0.29) is 11.7 Å². The summed E-state index contributed by atoms with van der Waals surface area (Å²) < 4.78 is 14.1. The van der Waals surface area contributed by atoms with Gasteiger partial charge in [0, 0.05) is 18.2 Å². The van der Waals surface area contributed by atoms with E-state index < -0.39 is 0 Å². The summed E-state index contributed by atoms with van der Waals surface area (Å²) in [6.45, 7) is 3.00. The lowest BCUT2D eigenvalue weighted by molar-refractivity contribution is 0.318. The van der Waals surface area contributed by atoms with Crippen molar-refractivity contribution in [3.8, 4) is 0 Å². The van der Waals surface area contributed by atoms with Gasteiger partial charge in [-0.05, 0) is 37.5 Å². The van der Waals surface area contributed by atoms with Gasteiger partial charge in [-0.1, -0.05) is 12.1 Å². The molecule has 98 valence electrons. The Bertz CT molecular complexity index is 462. The molecule has 1 unspecified atom stereocenters. The fraction of sp³-hybridized carbons (Fsp3) is 0.462. The summed E-state index contributed by atoms with van der Waals surface area (Å²) in [4.78, 5) is 2.10. The normalized spacial score (nSPS) is 20.4. The minimum atomic E-state index is -0.320. The molecule has 1 aliphatic heterocycles. The Hall–Kier alpha value is -1.78. The highest BCUT2D eigenvalue weighted by Crippen LogP contribution is 2.29. The standard InChI is InChI=1S/C13H18FN3O/c1-2-10-4-3-7-17(10)12-6-5-9(8-11(12)14)13(15)16-18/h5-6,8,10,18H,2-4,7H2,1H3,(H2,15,16). The van der Waals surface area contributed by atoms with E-state index in [2.05, 4.69) is 17.0 Å². The van der Waals surface area contributed by atoms with Crippen molar-refractivity contribution in [2.75, 3.05) is 11.4 Å². The van der Waals surface area contributed by atoms with E-state index in [1.165, 1.54) is 6.07 Å². The third-order valence-corrected chi connectivity index (χ3v) is 3.51. The smallest absolute Gasteiger partial charge is 0.170 e. The van der Waals surface area contributed by atoms with E-state index >= 15 is 0 Å². The number of hydrogen-bond donors (Lipinski definition) is 2. The van der Waals surface area contributed by atoms with Crippen LogP contribution in [0.2, 0.25) is 0 Å². The Morgan fingerprint density at radius 3 is 3.00 bits per heavy atom. The van der Waals surface area contributed by atoms with Crippen LogP contribution >= 0.6 is 0 Å². The zero-order valence-corrected chi connectivity index (χ0v) is 10.4. The second kappa shape index (κ2) is 5.25. The van der Waals surface area contributed by atoms with Crippen LogP contribution in [0, 0.1) is 5.82 Å². The molecule has 3 N–H and O–H groups in total. The average Bonchev–Trinajstić information content (AvgIpc) is 2.85. The molecule has 18 heavy (non-hydrogen) atoms. The molecule has 0 saturated carbocycles. The lowest BCUT2D eigenvalue weighted by atomic mass is 10.1. The lowest BCUT2D eigenvalue weighted by Gasteiger charge is -2.26. The molecule has 0 radical (unpaired) electrons. The molecule has 0 bridgehead atoms. The summed E-state index contributed by atoms with van der Waals surface area (Å²) >= 11 is 0. The summed E-state index contributed by atoms with van der Waals surface area (Å²) in [5.74, 6) is -0.395. The predicted molar refractivity (Wildman–Crippen MR) is 69.6 cm³/mol. The van der Waals surface area contributed by atoms with E-state index in [1.54, 1.807) is 12.1 Å². The van der Waals surface area contributed by atoms with Gasteiger partial charge in [-0.15, -0.1) is 0 Å². The van der Waals surface area contributed by atoms with E-state index in [4.69, 9.17) is 10.9 Å². The molecular weight excluding hydrogens is 233 g/mol. The first-order valence-electron chi connectivity index (χ1n) is 6.21. The van der Waals surface area contributed by atoms with Gasteiger partial charge in [0.1, 0.15) is 5.82 Å². The summed E-state index contributed by atoms with van der Waals surface area (Å²) in [5, 5.41) is 11.4. The number of anilines is 1. The van der Waals surface area contributed by atoms with Crippen molar-refractivity contribution in [3.63, 3.8) is 0 Å². The molecule has 1 aromatic carbocycles. The second-order valence-corrected chi connectivity index (χ2v) is 4.55. The van der Waals surface area contributed by atoms with Crippen LogP contribution in [-0.4, -0.2) is 23.6 Å². The zero-order valence-electron chi connectivity index (χ0n) is 10.4. The van der Waals surface area contributed by atoms with Crippen LogP contribution in [0.1, 0.15) is 31.7 Å². The minimum absolute atomic E-state index is 0.0751. The van der Waals surface area contributed by atoms with Gasteiger partial charge in [-0.25, -0.2) is 4.39 Å². The number of hydrogen-bond acceptors (Lipinski definition) is 3. The molecule has 1 aromatic rings. The van der Waals surface area contributed by atoms with Crippen LogP contribution in [-0.2, 0) is 0 Å². The van der Waals surface area contributed by atoms with Gasteiger partial charge >= 0.3 is 0 Å². The summed E-state index contributed by atoms with van der Waals surface area (Å²) in [6.07, 6.45) is 3.22. The number of benzene rings is 1. The van der Waals surface area contributed by atoms with Gasteiger partial charge in [-0.2, -0.15) is 0 Å². The van der Waals surface area contributed by atoms with Crippen LogP contribution in [0.25, 0.3) is 0 Å². The van der Waals surface area contributed by atoms with Gasteiger partial charge in [0.05, 0.1) is 5.69 Å². The molecule has 0 spiro atoms. The number of halogens is 1. The van der Waals surface area contributed by atoms with Crippen molar-refractivity contribution in [1.82, 2.24) is 0 Å². The Balaban J connectivity index is 2.30. The molecule has 0 aromatic heterocycles. The first-order chi connectivity index (χ1) is 8.67. The molecule has 1 saturated heterocycles. The summed E-state index contributed by atoms with van der Waals surface area (Å²) in [6, 6.07) is 5.11. The molecule has 1 aliphatic rings. The Kier molecular flexibility index (Phi) is 3.69. The van der Waals surface area contributed by atoms with Gasteiger partial charge in [0.2, 0.25) is 0 Å². The third-order valence-electron chi connectivity index (χ3n) is 3.51. The van der Waals surface area contributed by atoms with Gasteiger partial charge in [0.25, 0.3) is 0 Å². The maximum atomic E-state index is 14.1. The van der Waals surface area contributed by atoms with Crippen LogP contribution in [0.3, 0.4) is 0 Å². The molecule has 2 rings (SSSR count). The SMILES string of the molecule is CCC1CCCN1c1ccc(/C(N)=N/O)cc1F. The van der Waals surface area contributed by atoms with Crippen molar-refractivity contribution in [2.24, 2.45) is 10.9 Å². The van der Waals surface area contributed by atoms with E-state index in [0.29, 0.717) is 17.3 Å². The number of oxime groups is 1. The Morgan fingerprint density at radius 2 is 2.39 bits per heavy atom. The fourth-order valence-electron chi connectivity index (χ4n) is 2.53. The maximum Gasteiger partial charge on any atom is 0.170 e. The molecule has 0 amide bonds. The van der Waals surface area contributed by atoms with E-state index in [9.17, 15) is 4.39 Å². The first-order valence-corrected chi connectivity index (χ1v) is 6.21. The monoisotopic (exact) mass is 251 g/mol. The minimum Gasteiger partial charge on any atom is -0.409 e. The second-order valence-electron chi connectivity index (χ2n) is 4.55. The molecule has 4 nitrogen and oxygen atoms in total. The van der Waals surface area contributed by atoms with Crippen LogP contribution in [0.5, 0.6) is 0 Å². The number of rotatable bonds is 3. The fourth-order valence-corrected chi connectivity index (χ4v) is 2.53. The molecule has 1 fully saturated rings. The molecule has 5 heteroatoms. The highest BCUT2D eigenvalue weighted by molar-refractivity contribution is 5.97. The van der Waals surface area contributed by atoms with E-state index in [0.717, 1.165) is 25.8 Å². The average molecular weight is 251 g/mol. The van der Waals surface area contributed by atoms with Crippen molar-refractivity contribution in [1.29, 1.82) is 0 Å². The first kappa shape index (κ1) is 12.7. The van der Waals surface area contributed by atoms with Gasteiger partial charge < -0.3 is 15.8 Å². The molecule has 0 aliphatic carbocycles. The quantitative estimate of drug-likeness (QED) is 0.375. The van der Waals surface area contributed by atoms with E-state index in [1.807, 2.05) is 0 Å². The summed E-state index contributed by atoms with van der Waals surface area (Å²) in [7, 11) is 0. The largest absolute Gasteiger partial charge is 0.409 e. The third kappa shape index (κ3) is 2.25. The van der Waals surface area contributed by atoms with Crippen molar-refractivity contribution >= 4 is 11.5 Å². The Labute approximate surface area is 106 Å². The van der Waals surface area contributed by atoms with Crippen molar-refractivity contribution in [2.45, 2.75) is 32.2 Å². The lowest BCUT2D eigenvalue weighted by Crippen LogP contribution is -2.29. The number of nitrogens with zero attached hydrogens (tertiary/aromatic N) is 2. The highest BCUT2D eigenvalue weighted by Gasteiger charge is 2.25. The zero-order chi connectivity index (χ0) is 13.1. The van der Waals surface area contributed by atoms with Crippen molar-refractivity contribution < 1.29 is 9.60 Å². The maximum absolute atomic E-state index is 14.1. The number of nitrogens with two attached hydrogens (primary N) is 1. The van der Waals surface area contributed by atoms with Crippen molar-refractivity contribution in [3.05, 3.63) is 29.6 Å². The molecule has 1 heterocycles. The van der Waals surface area contributed by atoms with Crippen LogP contribution < -0.4 is 10.6 Å². The Morgan fingerprint density at radius 1 is 1.61 bits per heavy atom. The van der Waals surface area contributed by atoms with Gasteiger partial charge in [0.15, 0.2) is 5.84 Å².